The molecule has 0 unspecified atom stereocenters. The molecule has 0 saturated heterocycles. The van der Waals surface area contributed by atoms with Gasteiger partial charge >= 0.3 is 5.97 Å². The molecule has 2 rings (SSSR count). The van der Waals surface area contributed by atoms with Gasteiger partial charge in [0, 0.05) is 22.4 Å². The Hall–Kier alpha value is -2.41. The van der Waals surface area contributed by atoms with Crippen LogP contribution in [0.4, 0.5) is 5.69 Å². The number of pyridine rings is 1. The number of aliphatic carboxylic acids is 1. The van der Waals surface area contributed by atoms with Crippen molar-refractivity contribution in [2.45, 2.75) is 6.54 Å². The van der Waals surface area contributed by atoms with E-state index in [0.717, 1.165) is 9.04 Å². The van der Waals surface area contributed by atoms with E-state index in [1.165, 1.54) is 18.3 Å². The first kappa shape index (κ1) is 15.0. The second kappa shape index (κ2) is 6.36. The Bertz CT molecular complexity index is 755. The summed E-state index contributed by atoms with van der Waals surface area (Å²) in [5, 5.41) is 11.4. The van der Waals surface area contributed by atoms with Crippen molar-refractivity contribution in [2.24, 2.45) is 0 Å². The van der Waals surface area contributed by atoms with Gasteiger partial charge in [0.2, 0.25) is 0 Å². The van der Waals surface area contributed by atoms with Gasteiger partial charge in [-0.3, -0.25) is 14.4 Å². The molecule has 108 valence electrons. The number of halogens is 1. The number of aromatic nitrogens is 1. The minimum Gasteiger partial charge on any atom is -0.480 e. The third kappa shape index (κ3) is 4.03. The number of benzene rings is 1. The van der Waals surface area contributed by atoms with Crippen LogP contribution in [-0.4, -0.2) is 21.6 Å². The number of nitrogens with one attached hydrogen (secondary N) is 1. The van der Waals surface area contributed by atoms with Crippen molar-refractivity contribution in [3.05, 3.63) is 63.0 Å². The molecule has 21 heavy (non-hydrogen) atoms. The van der Waals surface area contributed by atoms with Gasteiger partial charge in [0.15, 0.2) is 0 Å². The molecule has 0 spiro atoms. The van der Waals surface area contributed by atoms with Crippen molar-refractivity contribution >= 4 is 33.5 Å². The third-order valence-electron chi connectivity index (χ3n) is 2.63. The zero-order chi connectivity index (χ0) is 15.4. The Labute approximate surface area is 128 Å². The fourth-order valence-corrected chi connectivity index (χ4v) is 2.10. The SMILES string of the molecule is O=C(O)Cn1cc(C(=O)Nc2cccc(Br)c2)ccc1=O. The third-order valence-corrected chi connectivity index (χ3v) is 3.13. The minimum absolute atomic E-state index is 0.204. The molecule has 0 bridgehead atoms. The largest absolute Gasteiger partial charge is 0.480 e. The van der Waals surface area contributed by atoms with Crippen LogP contribution in [0.15, 0.2) is 51.9 Å². The molecule has 0 saturated carbocycles. The minimum atomic E-state index is -1.15. The number of carbonyl (C=O) groups is 2. The Morgan fingerprint density at radius 1 is 1.24 bits per heavy atom. The highest BCUT2D eigenvalue weighted by atomic mass is 79.9. The van der Waals surface area contributed by atoms with E-state index in [9.17, 15) is 14.4 Å². The predicted octanol–water partition coefficient (Wildman–Crippen LogP) is 1.95. The van der Waals surface area contributed by atoms with Gasteiger partial charge in [-0.25, -0.2) is 0 Å². The van der Waals surface area contributed by atoms with Crippen LogP contribution < -0.4 is 10.9 Å². The number of rotatable bonds is 4. The van der Waals surface area contributed by atoms with Crippen molar-refractivity contribution in [3.8, 4) is 0 Å². The predicted molar refractivity (Wildman–Crippen MR) is 80.4 cm³/mol. The van der Waals surface area contributed by atoms with E-state index < -0.39 is 24.0 Å². The molecule has 0 aliphatic heterocycles. The summed E-state index contributed by atoms with van der Waals surface area (Å²) in [6.45, 7) is -0.489. The van der Waals surface area contributed by atoms with Gasteiger partial charge in [-0.2, -0.15) is 0 Å². The zero-order valence-electron chi connectivity index (χ0n) is 10.7. The molecule has 1 aromatic carbocycles. The summed E-state index contributed by atoms with van der Waals surface area (Å²) in [6.07, 6.45) is 1.23. The topological polar surface area (TPSA) is 88.4 Å². The van der Waals surface area contributed by atoms with Crippen molar-refractivity contribution in [1.29, 1.82) is 0 Å². The Kier molecular flexibility index (Phi) is 4.54. The first-order valence-corrected chi connectivity index (χ1v) is 6.74. The lowest BCUT2D eigenvalue weighted by molar-refractivity contribution is -0.137. The Balaban J connectivity index is 2.23. The van der Waals surface area contributed by atoms with Crippen molar-refractivity contribution < 1.29 is 14.7 Å². The summed E-state index contributed by atoms with van der Waals surface area (Å²) in [7, 11) is 0. The van der Waals surface area contributed by atoms with E-state index in [1.807, 2.05) is 6.07 Å². The number of carboxylic acids is 1. The van der Waals surface area contributed by atoms with Gasteiger partial charge in [0.1, 0.15) is 6.54 Å². The van der Waals surface area contributed by atoms with Crippen LogP contribution in [0.25, 0.3) is 0 Å². The van der Waals surface area contributed by atoms with Crippen LogP contribution >= 0.6 is 15.9 Å². The van der Waals surface area contributed by atoms with Crippen molar-refractivity contribution in [1.82, 2.24) is 4.57 Å². The first-order valence-electron chi connectivity index (χ1n) is 5.95. The lowest BCUT2D eigenvalue weighted by Gasteiger charge is -2.08. The summed E-state index contributed by atoms with van der Waals surface area (Å²) < 4.78 is 1.79. The fraction of sp³-hybridized carbons (Fsp3) is 0.0714. The number of anilines is 1. The second-order valence-electron chi connectivity index (χ2n) is 4.24. The maximum absolute atomic E-state index is 12.1. The molecule has 1 amide bonds. The normalized spacial score (nSPS) is 10.1. The summed E-state index contributed by atoms with van der Waals surface area (Å²) >= 11 is 3.29. The molecule has 0 fully saturated rings. The maximum atomic E-state index is 12.1. The highest BCUT2D eigenvalue weighted by Crippen LogP contribution is 2.16. The molecule has 0 aliphatic carbocycles. The van der Waals surface area contributed by atoms with E-state index >= 15 is 0 Å². The van der Waals surface area contributed by atoms with Crippen LogP contribution in [0.2, 0.25) is 0 Å². The molecule has 6 nitrogen and oxygen atoms in total. The molecule has 0 atom stereocenters. The standard InChI is InChI=1S/C14H11BrN2O4/c15-10-2-1-3-11(6-10)16-14(21)9-4-5-12(18)17(7-9)8-13(19)20/h1-7H,8H2,(H,16,21)(H,19,20). The number of hydrogen-bond acceptors (Lipinski definition) is 3. The summed E-state index contributed by atoms with van der Waals surface area (Å²) in [5.41, 5.74) is 0.317. The van der Waals surface area contributed by atoms with Gasteiger partial charge in [-0.1, -0.05) is 22.0 Å². The molecule has 7 heteroatoms. The fourth-order valence-electron chi connectivity index (χ4n) is 1.70. The van der Waals surface area contributed by atoms with Crippen LogP contribution in [0, 0.1) is 0 Å². The lowest BCUT2D eigenvalue weighted by Crippen LogP contribution is -2.25. The van der Waals surface area contributed by atoms with Crippen LogP contribution in [0.3, 0.4) is 0 Å². The molecule has 2 aromatic rings. The lowest BCUT2D eigenvalue weighted by atomic mass is 10.2. The Morgan fingerprint density at radius 3 is 2.67 bits per heavy atom. The van der Waals surface area contributed by atoms with Crippen molar-refractivity contribution in [2.75, 3.05) is 5.32 Å². The van der Waals surface area contributed by atoms with Gasteiger partial charge < -0.3 is 15.0 Å². The first-order chi connectivity index (χ1) is 9.95. The number of nitrogens with zero attached hydrogens (tertiary/aromatic N) is 1. The second-order valence-corrected chi connectivity index (χ2v) is 5.16. The van der Waals surface area contributed by atoms with Gasteiger partial charge in [0.25, 0.3) is 11.5 Å². The number of carbonyl (C=O) groups excluding carboxylic acids is 1. The van der Waals surface area contributed by atoms with Crippen molar-refractivity contribution in [3.63, 3.8) is 0 Å². The summed E-state index contributed by atoms with van der Waals surface area (Å²) in [4.78, 5) is 34.2. The zero-order valence-corrected chi connectivity index (χ0v) is 12.3. The van der Waals surface area contributed by atoms with Crippen LogP contribution in [-0.2, 0) is 11.3 Å². The summed E-state index contributed by atoms with van der Waals surface area (Å²) in [6, 6.07) is 9.56. The molecular formula is C14H11BrN2O4. The number of carboxylic acid groups (broad SMARTS) is 1. The average molecular weight is 351 g/mol. The monoisotopic (exact) mass is 350 g/mol. The van der Waals surface area contributed by atoms with Gasteiger partial charge in [-0.05, 0) is 24.3 Å². The highest BCUT2D eigenvalue weighted by molar-refractivity contribution is 9.10. The van der Waals surface area contributed by atoms with Crippen LogP contribution in [0.1, 0.15) is 10.4 Å². The highest BCUT2D eigenvalue weighted by Gasteiger charge is 2.09. The van der Waals surface area contributed by atoms with E-state index in [-0.39, 0.29) is 5.56 Å². The molecule has 1 heterocycles. The van der Waals surface area contributed by atoms with E-state index in [4.69, 9.17) is 5.11 Å². The number of amides is 1. The summed E-state index contributed by atoms with van der Waals surface area (Å²) in [5.74, 6) is -1.58. The molecule has 0 aliphatic rings. The maximum Gasteiger partial charge on any atom is 0.323 e. The average Bonchev–Trinajstić information content (AvgIpc) is 2.40. The molecule has 0 radical (unpaired) electrons. The van der Waals surface area contributed by atoms with Gasteiger partial charge in [-0.15, -0.1) is 0 Å². The van der Waals surface area contributed by atoms with Crippen LogP contribution in [0.5, 0.6) is 0 Å². The molecule has 2 N–H and O–H groups in total. The molecular weight excluding hydrogens is 340 g/mol. The quantitative estimate of drug-likeness (QED) is 0.881. The van der Waals surface area contributed by atoms with Gasteiger partial charge in [0.05, 0.1) is 5.56 Å². The van der Waals surface area contributed by atoms with E-state index in [2.05, 4.69) is 21.2 Å². The number of hydrogen-bond donors (Lipinski definition) is 2. The smallest absolute Gasteiger partial charge is 0.323 e. The Morgan fingerprint density at radius 2 is 2.00 bits per heavy atom. The molecule has 1 aromatic heterocycles. The van der Waals surface area contributed by atoms with E-state index in [1.54, 1.807) is 18.2 Å². The van der Waals surface area contributed by atoms with E-state index in [0.29, 0.717) is 5.69 Å².